The molecule has 0 bridgehead atoms. The zero-order valence-corrected chi connectivity index (χ0v) is 12.4. The minimum absolute atomic E-state index is 0.0595. The summed E-state index contributed by atoms with van der Waals surface area (Å²) in [5.41, 5.74) is 4.80. The van der Waals surface area contributed by atoms with E-state index in [4.69, 9.17) is 22.1 Å². The third kappa shape index (κ3) is 4.22. The van der Waals surface area contributed by atoms with Gasteiger partial charge in [-0.2, -0.15) is 13.2 Å². The van der Waals surface area contributed by atoms with Crippen LogP contribution in [-0.2, 0) is 6.18 Å². The molecule has 0 atom stereocenters. The number of pyridine rings is 1. The number of thiocarbonyl (C=S) groups is 1. The fourth-order valence-corrected chi connectivity index (χ4v) is 1.88. The smallest absolute Gasteiger partial charge is 0.433 e. The molecule has 0 radical (unpaired) electrons. The minimum atomic E-state index is -4.55. The number of alkyl halides is 3. The largest absolute Gasteiger partial charge is 0.437 e. The quantitative estimate of drug-likeness (QED) is 0.815. The van der Waals surface area contributed by atoms with E-state index in [-0.39, 0.29) is 21.8 Å². The van der Waals surface area contributed by atoms with E-state index in [2.05, 4.69) is 22.5 Å². The summed E-state index contributed by atoms with van der Waals surface area (Å²) in [4.78, 5) is 3.39. The molecule has 0 saturated carbocycles. The highest BCUT2D eigenvalue weighted by atomic mass is 35.5. The molecule has 1 heterocycles. The summed E-state index contributed by atoms with van der Waals surface area (Å²) in [6, 6.07) is 7.85. The van der Waals surface area contributed by atoms with Crippen molar-refractivity contribution in [1.82, 2.24) is 4.98 Å². The van der Waals surface area contributed by atoms with Gasteiger partial charge in [-0.25, -0.2) is 4.98 Å². The summed E-state index contributed by atoms with van der Waals surface area (Å²) >= 11 is 10.7. The Kier molecular flexibility index (Phi) is 4.72. The lowest BCUT2D eigenvalue weighted by Crippen LogP contribution is -2.18. The topological polar surface area (TPSA) is 60.2 Å². The number of nitrogens with one attached hydrogen (secondary N) is 1. The predicted octanol–water partition coefficient (Wildman–Crippen LogP) is 4.20. The van der Waals surface area contributed by atoms with Crippen LogP contribution in [0, 0.1) is 0 Å². The van der Waals surface area contributed by atoms with Crippen LogP contribution in [0.1, 0.15) is 5.69 Å². The summed E-state index contributed by atoms with van der Waals surface area (Å²) in [6.45, 7) is 0. The maximum atomic E-state index is 12.6. The predicted molar refractivity (Wildman–Crippen MR) is 81.2 cm³/mol. The monoisotopic (exact) mass is 347 g/mol. The molecular formula is C13H9ClF3N3OS. The number of benzene rings is 1. The van der Waals surface area contributed by atoms with Gasteiger partial charge in [0.25, 0.3) is 0 Å². The molecule has 0 aliphatic heterocycles. The van der Waals surface area contributed by atoms with Gasteiger partial charge in [0.15, 0.2) is 5.11 Å². The second-order valence-corrected chi connectivity index (χ2v) is 4.94. The van der Waals surface area contributed by atoms with Gasteiger partial charge in [-0.3, -0.25) is 0 Å². The van der Waals surface area contributed by atoms with E-state index >= 15 is 0 Å². The van der Waals surface area contributed by atoms with Crippen LogP contribution in [0.5, 0.6) is 11.6 Å². The van der Waals surface area contributed by atoms with Crippen molar-refractivity contribution in [3.05, 3.63) is 47.1 Å². The van der Waals surface area contributed by atoms with Crippen molar-refractivity contribution in [2.24, 2.45) is 5.73 Å². The Hall–Kier alpha value is -2.06. The summed E-state index contributed by atoms with van der Waals surface area (Å²) in [7, 11) is 0. The molecule has 0 unspecified atom stereocenters. The average molecular weight is 348 g/mol. The van der Waals surface area contributed by atoms with Crippen molar-refractivity contribution in [1.29, 1.82) is 0 Å². The van der Waals surface area contributed by atoms with Crippen molar-refractivity contribution < 1.29 is 17.9 Å². The Bertz CT molecular complexity index is 709. The van der Waals surface area contributed by atoms with Gasteiger partial charge in [-0.05, 0) is 36.5 Å². The van der Waals surface area contributed by atoms with E-state index in [1.165, 1.54) is 24.3 Å². The van der Waals surface area contributed by atoms with E-state index in [1.54, 1.807) is 6.07 Å². The van der Waals surface area contributed by atoms with Gasteiger partial charge in [0, 0.05) is 11.8 Å². The third-order valence-corrected chi connectivity index (χ3v) is 2.83. The molecule has 2 aromatic rings. The minimum Gasteiger partial charge on any atom is -0.437 e. The van der Waals surface area contributed by atoms with Gasteiger partial charge in [0.1, 0.15) is 11.4 Å². The molecule has 0 amide bonds. The first-order chi connectivity index (χ1) is 10.3. The second kappa shape index (κ2) is 6.37. The lowest BCUT2D eigenvalue weighted by Gasteiger charge is -2.11. The molecule has 0 saturated heterocycles. The van der Waals surface area contributed by atoms with E-state index in [0.29, 0.717) is 5.69 Å². The molecule has 1 aromatic heterocycles. The molecule has 0 aliphatic rings. The molecule has 1 aromatic carbocycles. The number of hydrogen-bond donors (Lipinski definition) is 2. The number of nitrogens with two attached hydrogens (primary N) is 1. The Morgan fingerprint density at radius 3 is 2.59 bits per heavy atom. The van der Waals surface area contributed by atoms with Gasteiger partial charge in [-0.15, -0.1) is 0 Å². The van der Waals surface area contributed by atoms with Crippen molar-refractivity contribution >= 4 is 34.6 Å². The maximum absolute atomic E-state index is 12.6. The Morgan fingerprint density at radius 2 is 2.00 bits per heavy atom. The molecule has 0 fully saturated rings. The van der Waals surface area contributed by atoms with Crippen LogP contribution in [0.3, 0.4) is 0 Å². The number of ether oxygens (including phenoxy) is 1. The van der Waals surface area contributed by atoms with Crippen LogP contribution in [0.4, 0.5) is 18.9 Å². The van der Waals surface area contributed by atoms with Crippen molar-refractivity contribution in [2.75, 3.05) is 5.32 Å². The summed E-state index contributed by atoms with van der Waals surface area (Å²) in [6.07, 6.45) is -4.55. The lowest BCUT2D eigenvalue weighted by atomic mass is 10.3. The van der Waals surface area contributed by atoms with Gasteiger partial charge in [-0.1, -0.05) is 17.7 Å². The zero-order chi connectivity index (χ0) is 16.3. The van der Waals surface area contributed by atoms with Gasteiger partial charge in [0.2, 0.25) is 5.88 Å². The zero-order valence-electron chi connectivity index (χ0n) is 10.8. The van der Waals surface area contributed by atoms with Crippen LogP contribution >= 0.6 is 23.8 Å². The number of halogens is 4. The third-order valence-electron chi connectivity index (χ3n) is 2.43. The first-order valence-corrected chi connectivity index (χ1v) is 6.62. The second-order valence-electron chi connectivity index (χ2n) is 4.10. The summed E-state index contributed by atoms with van der Waals surface area (Å²) in [5, 5.41) is 2.90. The highest BCUT2D eigenvalue weighted by Crippen LogP contribution is 2.33. The molecule has 9 heteroatoms. The average Bonchev–Trinajstić information content (AvgIpc) is 2.41. The molecular weight excluding hydrogens is 339 g/mol. The van der Waals surface area contributed by atoms with Crippen LogP contribution in [-0.4, -0.2) is 10.1 Å². The molecule has 0 spiro atoms. The number of rotatable bonds is 3. The van der Waals surface area contributed by atoms with E-state index in [0.717, 1.165) is 6.07 Å². The fraction of sp³-hybridized carbons (Fsp3) is 0.0769. The number of nitrogens with zero attached hydrogens (tertiary/aromatic N) is 1. The van der Waals surface area contributed by atoms with Crippen LogP contribution in [0.25, 0.3) is 0 Å². The Balaban J connectivity index is 2.22. The van der Waals surface area contributed by atoms with Gasteiger partial charge >= 0.3 is 6.18 Å². The molecule has 0 aliphatic carbocycles. The van der Waals surface area contributed by atoms with E-state index in [9.17, 15) is 13.2 Å². The standard InChI is InChI=1S/C13H9ClF3N3OS/c14-8-6-7(19-12(18)22)4-5-9(8)21-11-3-1-2-10(20-11)13(15,16)17/h1-6H,(H3,18,19,22). The maximum Gasteiger partial charge on any atom is 0.433 e. The molecule has 2 rings (SSSR count). The number of aromatic nitrogens is 1. The van der Waals surface area contributed by atoms with Crippen molar-refractivity contribution in [3.63, 3.8) is 0 Å². The lowest BCUT2D eigenvalue weighted by molar-refractivity contribution is -0.141. The van der Waals surface area contributed by atoms with Crippen molar-refractivity contribution in [3.8, 4) is 11.6 Å². The number of anilines is 1. The van der Waals surface area contributed by atoms with E-state index < -0.39 is 11.9 Å². The summed E-state index contributed by atoms with van der Waals surface area (Å²) < 4.78 is 43.0. The normalized spacial score (nSPS) is 11.1. The molecule has 4 nitrogen and oxygen atoms in total. The highest BCUT2D eigenvalue weighted by Gasteiger charge is 2.32. The van der Waals surface area contributed by atoms with Gasteiger partial charge < -0.3 is 15.8 Å². The molecule has 116 valence electrons. The first kappa shape index (κ1) is 16.3. The fourth-order valence-electron chi connectivity index (χ4n) is 1.55. The Labute approximate surface area is 134 Å². The van der Waals surface area contributed by atoms with Crippen molar-refractivity contribution in [2.45, 2.75) is 6.18 Å². The van der Waals surface area contributed by atoms with Crippen LogP contribution in [0.2, 0.25) is 5.02 Å². The van der Waals surface area contributed by atoms with Crippen LogP contribution in [0.15, 0.2) is 36.4 Å². The number of hydrogen-bond acceptors (Lipinski definition) is 3. The summed E-state index contributed by atoms with van der Waals surface area (Å²) in [5.74, 6) is -0.0613. The molecule has 3 N–H and O–H groups in total. The van der Waals surface area contributed by atoms with Gasteiger partial charge in [0.05, 0.1) is 5.02 Å². The Morgan fingerprint density at radius 1 is 1.27 bits per heavy atom. The highest BCUT2D eigenvalue weighted by molar-refractivity contribution is 7.80. The van der Waals surface area contributed by atoms with E-state index in [1.807, 2.05) is 0 Å². The molecule has 22 heavy (non-hydrogen) atoms. The van der Waals surface area contributed by atoms with Crippen LogP contribution < -0.4 is 15.8 Å². The SMILES string of the molecule is NC(=S)Nc1ccc(Oc2cccc(C(F)(F)F)n2)c(Cl)c1. The first-order valence-electron chi connectivity index (χ1n) is 5.84.